The Hall–Kier alpha value is -1.10. The van der Waals surface area contributed by atoms with E-state index in [1.54, 1.807) is 0 Å². The van der Waals surface area contributed by atoms with Crippen molar-refractivity contribution < 1.29 is 14.7 Å². The molecule has 0 aliphatic carbocycles. The van der Waals surface area contributed by atoms with Gasteiger partial charge >= 0.3 is 5.97 Å². The molecule has 0 spiro atoms. The minimum Gasteiger partial charge on any atom is -0.481 e. The van der Waals surface area contributed by atoms with Crippen molar-refractivity contribution in [1.82, 2.24) is 5.32 Å². The molecule has 0 saturated heterocycles. The number of carboxylic acids is 1. The fraction of sp³-hybridized carbons (Fsp3) is 0.818. The van der Waals surface area contributed by atoms with Crippen molar-refractivity contribution in [3.63, 3.8) is 0 Å². The van der Waals surface area contributed by atoms with E-state index >= 15 is 0 Å². The average Bonchev–Trinajstić information content (AvgIpc) is 2.20. The minimum atomic E-state index is -0.928. The van der Waals surface area contributed by atoms with Gasteiger partial charge in [0.1, 0.15) is 0 Å². The third-order valence-corrected chi connectivity index (χ3v) is 2.26. The minimum absolute atomic E-state index is 0.0689. The highest BCUT2D eigenvalue weighted by Crippen LogP contribution is 2.02. The van der Waals surface area contributed by atoms with Crippen LogP contribution in [-0.4, -0.2) is 29.6 Å². The van der Waals surface area contributed by atoms with E-state index in [4.69, 9.17) is 10.8 Å². The van der Waals surface area contributed by atoms with Crippen molar-refractivity contribution in [1.29, 1.82) is 0 Å². The van der Waals surface area contributed by atoms with Crippen molar-refractivity contribution in [2.75, 3.05) is 6.54 Å². The first-order valence-corrected chi connectivity index (χ1v) is 5.68. The summed E-state index contributed by atoms with van der Waals surface area (Å²) < 4.78 is 0. The van der Waals surface area contributed by atoms with E-state index < -0.39 is 12.0 Å². The molecule has 16 heavy (non-hydrogen) atoms. The number of aliphatic carboxylic acids is 1. The summed E-state index contributed by atoms with van der Waals surface area (Å²) in [6, 6.07) is -0.713. The predicted octanol–water partition coefficient (Wildman–Crippen LogP) is 0.731. The van der Waals surface area contributed by atoms with Crippen LogP contribution in [0.15, 0.2) is 0 Å². The molecule has 94 valence electrons. The number of hydrogen-bond acceptors (Lipinski definition) is 3. The SMILES string of the molecule is CC(C)CCCNC(=O)C(N)CCC(=O)O. The first kappa shape index (κ1) is 14.9. The zero-order valence-electron chi connectivity index (χ0n) is 10.0. The molecule has 0 saturated carbocycles. The van der Waals surface area contributed by atoms with Gasteiger partial charge in [-0.25, -0.2) is 0 Å². The monoisotopic (exact) mass is 230 g/mol. The lowest BCUT2D eigenvalue weighted by atomic mass is 10.1. The number of nitrogens with two attached hydrogens (primary N) is 1. The highest BCUT2D eigenvalue weighted by Gasteiger charge is 2.13. The Labute approximate surface area is 96.4 Å². The molecule has 0 aromatic rings. The van der Waals surface area contributed by atoms with Gasteiger partial charge in [-0.15, -0.1) is 0 Å². The first-order valence-electron chi connectivity index (χ1n) is 5.68. The fourth-order valence-corrected chi connectivity index (χ4v) is 1.26. The summed E-state index contributed by atoms with van der Waals surface area (Å²) in [6.45, 7) is 4.86. The van der Waals surface area contributed by atoms with Crippen LogP contribution in [0.3, 0.4) is 0 Å². The van der Waals surface area contributed by atoms with E-state index in [2.05, 4.69) is 19.2 Å². The predicted molar refractivity (Wildman–Crippen MR) is 61.9 cm³/mol. The van der Waals surface area contributed by atoms with Crippen LogP contribution < -0.4 is 11.1 Å². The van der Waals surface area contributed by atoms with Gasteiger partial charge in [0.05, 0.1) is 6.04 Å². The van der Waals surface area contributed by atoms with E-state index in [0.29, 0.717) is 12.5 Å². The third-order valence-electron chi connectivity index (χ3n) is 2.26. The molecule has 0 fully saturated rings. The van der Waals surface area contributed by atoms with Gasteiger partial charge in [0.25, 0.3) is 0 Å². The van der Waals surface area contributed by atoms with Crippen molar-refractivity contribution in [3.8, 4) is 0 Å². The molecule has 4 N–H and O–H groups in total. The summed E-state index contributed by atoms with van der Waals surface area (Å²) >= 11 is 0. The molecule has 0 bridgehead atoms. The van der Waals surface area contributed by atoms with Crippen LogP contribution >= 0.6 is 0 Å². The van der Waals surface area contributed by atoms with Crippen LogP contribution in [0.2, 0.25) is 0 Å². The Bertz CT molecular complexity index is 229. The van der Waals surface area contributed by atoms with Gasteiger partial charge in [0.15, 0.2) is 0 Å². The Morgan fingerprint density at radius 3 is 2.44 bits per heavy atom. The molecule has 0 aliphatic rings. The molecule has 5 nitrogen and oxygen atoms in total. The van der Waals surface area contributed by atoms with Crippen LogP contribution in [-0.2, 0) is 9.59 Å². The molecule has 0 rings (SSSR count). The largest absolute Gasteiger partial charge is 0.481 e. The molecule has 0 radical (unpaired) electrons. The van der Waals surface area contributed by atoms with Crippen molar-refractivity contribution >= 4 is 11.9 Å². The van der Waals surface area contributed by atoms with Crippen LogP contribution in [0, 0.1) is 5.92 Å². The summed E-state index contributed by atoms with van der Waals surface area (Å²) in [5, 5.41) is 11.1. The van der Waals surface area contributed by atoms with Gasteiger partial charge in [-0.3, -0.25) is 9.59 Å². The Kier molecular flexibility index (Phi) is 7.54. The second-order valence-electron chi connectivity index (χ2n) is 4.37. The molecule has 1 atom stereocenters. The zero-order valence-corrected chi connectivity index (χ0v) is 10.0. The lowest BCUT2D eigenvalue weighted by Gasteiger charge is -2.11. The first-order chi connectivity index (χ1) is 7.43. The van der Waals surface area contributed by atoms with E-state index in [9.17, 15) is 9.59 Å². The number of rotatable bonds is 8. The molecule has 5 heteroatoms. The summed E-state index contributed by atoms with van der Waals surface area (Å²) in [4.78, 5) is 21.6. The number of carboxylic acid groups (broad SMARTS) is 1. The Balaban J connectivity index is 3.59. The highest BCUT2D eigenvalue weighted by atomic mass is 16.4. The van der Waals surface area contributed by atoms with Gasteiger partial charge in [0, 0.05) is 13.0 Å². The summed E-state index contributed by atoms with van der Waals surface area (Å²) in [6.07, 6.45) is 2.10. The number of amides is 1. The van der Waals surface area contributed by atoms with Crippen LogP contribution in [0.4, 0.5) is 0 Å². The van der Waals surface area contributed by atoms with E-state index in [0.717, 1.165) is 12.8 Å². The number of carbonyl (C=O) groups excluding carboxylic acids is 1. The third kappa shape index (κ3) is 8.23. The van der Waals surface area contributed by atoms with E-state index in [1.807, 2.05) is 0 Å². The van der Waals surface area contributed by atoms with Crippen LogP contribution in [0.1, 0.15) is 39.5 Å². The Morgan fingerprint density at radius 2 is 1.94 bits per heavy atom. The summed E-state index contributed by atoms with van der Waals surface area (Å²) in [5.74, 6) is -0.564. The second kappa shape index (κ2) is 8.10. The number of carbonyl (C=O) groups is 2. The number of nitrogens with one attached hydrogen (secondary N) is 1. The molecule has 0 aliphatic heterocycles. The second-order valence-corrected chi connectivity index (χ2v) is 4.37. The standard InChI is InChI=1S/C11H22N2O3/c1-8(2)4-3-7-13-11(16)9(12)5-6-10(14)15/h8-9H,3-7,12H2,1-2H3,(H,13,16)(H,14,15). The summed E-state index contributed by atoms with van der Waals surface area (Å²) in [7, 11) is 0. The molecule has 1 amide bonds. The molecule has 0 aromatic carbocycles. The smallest absolute Gasteiger partial charge is 0.303 e. The topological polar surface area (TPSA) is 92.4 Å². The van der Waals surface area contributed by atoms with Gasteiger partial charge in [-0.1, -0.05) is 13.8 Å². The molecular formula is C11H22N2O3. The maximum Gasteiger partial charge on any atom is 0.303 e. The molecule has 1 unspecified atom stereocenters. The van der Waals surface area contributed by atoms with Crippen molar-refractivity contribution in [2.24, 2.45) is 11.7 Å². The molecule has 0 heterocycles. The van der Waals surface area contributed by atoms with Crippen LogP contribution in [0.5, 0.6) is 0 Å². The summed E-state index contributed by atoms with van der Waals surface area (Å²) in [5.41, 5.74) is 5.53. The average molecular weight is 230 g/mol. The highest BCUT2D eigenvalue weighted by molar-refractivity contribution is 5.82. The van der Waals surface area contributed by atoms with Crippen LogP contribution in [0.25, 0.3) is 0 Å². The van der Waals surface area contributed by atoms with E-state index in [-0.39, 0.29) is 18.7 Å². The van der Waals surface area contributed by atoms with E-state index in [1.165, 1.54) is 0 Å². The van der Waals surface area contributed by atoms with Gasteiger partial charge < -0.3 is 16.2 Å². The maximum atomic E-state index is 11.4. The lowest BCUT2D eigenvalue weighted by Crippen LogP contribution is -2.41. The maximum absolute atomic E-state index is 11.4. The van der Waals surface area contributed by atoms with Crippen molar-refractivity contribution in [2.45, 2.75) is 45.6 Å². The normalized spacial score (nSPS) is 12.5. The van der Waals surface area contributed by atoms with Gasteiger partial charge in [-0.05, 0) is 25.2 Å². The quantitative estimate of drug-likeness (QED) is 0.536. The molecule has 0 aromatic heterocycles. The lowest BCUT2D eigenvalue weighted by molar-refractivity contribution is -0.137. The van der Waals surface area contributed by atoms with Gasteiger partial charge in [-0.2, -0.15) is 0 Å². The van der Waals surface area contributed by atoms with Gasteiger partial charge in [0.2, 0.25) is 5.91 Å². The number of hydrogen-bond donors (Lipinski definition) is 3. The Morgan fingerprint density at radius 1 is 1.31 bits per heavy atom. The zero-order chi connectivity index (χ0) is 12.6. The molecular weight excluding hydrogens is 208 g/mol. The van der Waals surface area contributed by atoms with Crippen molar-refractivity contribution in [3.05, 3.63) is 0 Å². The fourth-order valence-electron chi connectivity index (χ4n) is 1.26.